The number of hydrogen-bond acceptors (Lipinski definition) is 13. The van der Waals surface area contributed by atoms with E-state index < -0.39 is 35.8 Å². The Morgan fingerprint density at radius 1 is 0.804 bits per heavy atom. The van der Waals surface area contributed by atoms with Crippen molar-refractivity contribution < 1.29 is 57.2 Å². The third-order valence-corrected chi connectivity index (χ3v) is 7.59. The van der Waals surface area contributed by atoms with Crippen molar-refractivity contribution >= 4 is 23.8 Å². The van der Waals surface area contributed by atoms with Gasteiger partial charge in [-0.25, -0.2) is 9.59 Å². The fourth-order valence-electron chi connectivity index (χ4n) is 5.31. The number of rotatable bonds is 14. The summed E-state index contributed by atoms with van der Waals surface area (Å²) in [5.41, 5.74) is 1.71. The number of nitrogens with zero attached hydrogens (tertiary/aromatic N) is 1. The summed E-state index contributed by atoms with van der Waals surface area (Å²) in [7, 11) is 4.47. The van der Waals surface area contributed by atoms with Crippen molar-refractivity contribution in [2.24, 2.45) is 0 Å². The van der Waals surface area contributed by atoms with E-state index in [1.165, 1.54) is 50.7 Å². The lowest BCUT2D eigenvalue weighted by Crippen LogP contribution is -2.44. The van der Waals surface area contributed by atoms with Crippen LogP contribution in [0.25, 0.3) is 0 Å². The van der Waals surface area contributed by atoms with Crippen LogP contribution in [0.5, 0.6) is 17.2 Å². The topological polar surface area (TPSA) is 157 Å². The van der Waals surface area contributed by atoms with E-state index >= 15 is 0 Å². The molecule has 0 bridgehead atoms. The van der Waals surface area contributed by atoms with Crippen LogP contribution in [-0.2, 0) is 23.8 Å². The van der Waals surface area contributed by atoms with Crippen LogP contribution >= 0.6 is 0 Å². The maximum absolute atomic E-state index is 13.5. The Hall–Kier alpha value is -5.18. The van der Waals surface area contributed by atoms with E-state index in [2.05, 4.69) is 5.32 Å². The summed E-state index contributed by atoms with van der Waals surface area (Å²) in [6, 6.07) is 13.3. The lowest BCUT2D eigenvalue weighted by molar-refractivity contribution is -0.134. The fourth-order valence-corrected chi connectivity index (χ4v) is 5.31. The number of benzene rings is 3. The number of amides is 1. The van der Waals surface area contributed by atoms with Gasteiger partial charge in [0.1, 0.15) is 29.0 Å². The van der Waals surface area contributed by atoms with Gasteiger partial charge in [-0.2, -0.15) is 0 Å². The Bertz CT molecular complexity index is 1690. The molecule has 1 amide bonds. The maximum Gasteiger partial charge on any atom is 0.528 e. The standard InChI is InChI=1S/C37H44N2O12/c1-22-15-26(16-23(2)33(22)48-21-45-7)34(41)38-29-18-39(51-36(43)50-37(3,4)5)19-31(29)49-35(42)25-11-9-24(10-12-25)32(40)28-17-27(46-8)13-14-30(28)47-20-44-6/h9-17,29,31H,18-21H2,1-8H3,(H,38,41). The van der Waals surface area contributed by atoms with E-state index in [1.807, 2.05) is 13.8 Å². The molecule has 274 valence electrons. The molecule has 0 aliphatic carbocycles. The van der Waals surface area contributed by atoms with Gasteiger partial charge in [-0.15, -0.1) is 5.06 Å². The number of ketones is 1. The van der Waals surface area contributed by atoms with Gasteiger partial charge < -0.3 is 43.3 Å². The number of carbonyl (C=O) groups is 4. The highest BCUT2D eigenvalue weighted by molar-refractivity contribution is 6.11. The number of ether oxygens (including phenoxy) is 7. The molecule has 3 aromatic carbocycles. The van der Waals surface area contributed by atoms with Crippen molar-refractivity contribution in [2.75, 3.05) is 48.0 Å². The van der Waals surface area contributed by atoms with Crippen molar-refractivity contribution in [3.63, 3.8) is 0 Å². The number of esters is 1. The molecule has 0 radical (unpaired) electrons. The first-order valence-electron chi connectivity index (χ1n) is 16.1. The van der Waals surface area contributed by atoms with Gasteiger partial charge in [-0.1, -0.05) is 12.1 Å². The molecule has 1 aliphatic rings. The molecule has 1 N–H and O–H groups in total. The zero-order valence-corrected chi connectivity index (χ0v) is 30.0. The molecular formula is C37H44N2O12. The Labute approximate surface area is 296 Å². The molecule has 1 fully saturated rings. The van der Waals surface area contributed by atoms with Crippen molar-refractivity contribution in [2.45, 2.75) is 52.4 Å². The average Bonchev–Trinajstić information content (AvgIpc) is 3.44. The molecule has 3 aromatic rings. The predicted octanol–water partition coefficient (Wildman–Crippen LogP) is 5.01. The molecule has 1 saturated heterocycles. The van der Waals surface area contributed by atoms with E-state index in [4.69, 9.17) is 38.0 Å². The van der Waals surface area contributed by atoms with E-state index in [0.29, 0.717) is 22.8 Å². The molecule has 2 unspecified atom stereocenters. The third kappa shape index (κ3) is 10.4. The molecular weight excluding hydrogens is 664 g/mol. The number of methoxy groups -OCH3 is 3. The first-order valence-corrected chi connectivity index (χ1v) is 16.1. The molecule has 2 atom stereocenters. The van der Waals surface area contributed by atoms with E-state index in [-0.39, 0.29) is 49.1 Å². The molecule has 1 aliphatic heterocycles. The van der Waals surface area contributed by atoms with E-state index in [1.54, 1.807) is 51.1 Å². The first-order chi connectivity index (χ1) is 24.2. The van der Waals surface area contributed by atoms with Crippen LogP contribution in [0.2, 0.25) is 0 Å². The summed E-state index contributed by atoms with van der Waals surface area (Å²) in [5, 5.41) is 4.18. The van der Waals surface area contributed by atoms with Gasteiger partial charge in [0.25, 0.3) is 5.91 Å². The van der Waals surface area contributed by atoms with Gasteiger partial charge in [0.15, 0.2) is 19.4 Å². The Morgan fingerprint density at radius 2 is 1.43 bits per heavy atom. The monoisotopic (exact) mass is 708 g/mol. The zero-order valence-electron chi connectivity index (χ0n) is 30.0. The Balaban J connectivity index is 1.51. The largest absolute Gasteiger partial charge is 0.528 e. The highest BCUT2D eigenvalue weighted by Crippen LogP contribution is 2.28. The maximum atomic E-state index is 13.5. The number of hydroxylamine groups is 2. The minimum Gasteiger partial charge on any atom is -0.497 e. The molecule has 14 nitrogen and oxygen atoms in total. The van der Waals surface area contributed by atoms with Gasteiger partial charge in [0.2, 0.25) is 0 Å². The Morgan fingerprint density at radius 3 is 2.04 bits per heavy atom. The first kappa shape index (κ1) is 38.6. The zero-order chi connectivity index (χ0) is 37.3. The summed E-state index contributed by atoms with van der Waals surface area (Å²) >= 11 is 0. The second kappa shape index (κ2) is 17.2. The van der Waals surface area contributed by atoms with Crippen LogP contribution in [0.4, 0.5) is 4.79 Å². The van der Waals surface area contributed by atoms with Gasteiger partial charge in [0, 0.05) is 25.3 Å². The number of aryl methyl sites for hydroxylation is 2. The molecule has 1 heterocycles. The summed E-state index contributed by atoms with van der Waals surface area (Å²) in [4.78, 5) is 58.1. The molecule has 51 heavy (non-hydrogen) atoms. The molecule has 14 heteroatoms. The molecule has 0 spiro atoms. The van der Waals surface area contributed by atoms with Gasteiger partial charge in [0.05, 0.1) is 37.4 Å². The second-order valence-electron chi connectivity index (χ2n) is 12.7. The van der Waals surface area contributed by atoms with Gasteiger partial charge in [-0.05, 0) is 88.2 Å². The SMILES string of the molecule is COCOc1ccc(OC)cc1C(=O)c1ccc(C(=O)OC2CN(OC(=O)OC(C)(C)C)CC2NC(=O)c2cc(C)c(OCOC)c(C)c2)cc1. The summed E-state index contributed by atoms with van der Waals surface area (Å²) in [6.45, 7) is 8.69. The van der Waals surface area contributed by atoms with E-state index in [0.717, 1.165) is 11.1 Å². The van der Waals surface area contributed by atoms with E-state index in [9.17, 15) is 19.2 Å². The summed E-state index contributed by atoms with van der Waals surface area (Å²) in [6.07, 6.45) is -1.86. The van der Waals surface area contributed by atoms with Crippen LogP contribution in [0.3, 0.4) is 0 Å². The fraction of sp³-hybridized carbons (Fsp3) is 0.405. The molecule has 0 aromatic heterocycles. The smallest absolute Gasteiger partial charge is 0.497 e. The lowest BCUT2D eigenvalue weighted by atomic mass is 10.0. The number of carbonyl (C=O) groups excluding carboxylic acids is 4. The minimum atomic E-state index is -0.940. The molecule has 0 saturated carbocycles. The summed E-state index contributed by atoms with van der Waals surface area (Å²) in [5.74, 6) is -0.136. The second-order valence-corrected chi connectivity index (χ2v) is 12.7. The van der Waals surface area contributed by atoms with Crippen molar-refractivity contribution in [3.8, 4) is 17.2 Å². The average molecular weight is 709 g/mol. The minimum absolute atomic E-state index is 0.0113. The van der Waals surface area contributed by atoms with Crippen molar-refractivity contribution in [1.29, 1.82) is 0 Å². The van der Waals surface area contributed by atoms with Crippen molar-refractivity contribution in [3.05, 3.63) is 88.0 Å². The quantitative estimate of drug-likeness (QED) is 0.135. The normalized spacial score (nSPS) is 15.8. The number of hydrogen-bond donors (Lipinski definition) is 1. The van der Waals surface area contributed by atoms with Crippen LogP contribution in [0, 0.1) is 13.8 Å². The van der Waals surface area contributed by atoms with Crippen LogP contribution in [-0.4, -0.2) is 94.6 Å². The predicted molar refractivity (Wildman–Crippen MR) is 183 cm³/mol. The van der Waals surface area contributed by atoms with Crippen molar-refractivity contribution in [1.82, 2.24) is 10.4 Å². The Kier molecular flexibility index (Phi) is 13.0. The van der Waals surface area contributed by atoms with Crippen LogP contribution < -0.4 is 19.5 Å². The van der Waals surface area contributed by atoms with Gasteiger partial charge in [-0.3, -0.25) is 9.59 Å². The molecule has 4 rings (SSSR count). The van der Waals surface area contributed by atoms with Gasteiger partial charge >= 0.3 is 12.1 Å². The highest BCUT2D eigenvalue weighted by atomic mass is 16.8. The van der Waals surface area contributed by atoms with Crippen LogP contribution in [0.15, 0.2) is 54.6 Å². The summed E-state index contributed by atoms with van der Waals surface area (Å²) < 4.78 is 37.6. The number of nitrogens with one attached hydrogen (secondary N) is 1. The lowest BCUT2D eigenvalue weighted by Gasteiger charge is -2.21. The van der Waals surface area contributed by atoms with Crippen LogP contribution in [0.1, 0.15) is 68.5 Å². The third-order valence-electron chi connectivity index (χ3n) is 7.59. The highest BCUT2D eigenvalue weighted by Gasteiger charge is 2.40.